The molecule has 2 heterocycles. The molecular formula is C24H21N3O4S. The van der Waals surface area contributed by atoms with Crippen molar-refractivity contribution in [1.82, 2.24) is 9.55 Å². The zero-order chi connectivity index (χ0) is 22.8. The maximum Gasteiger partial charge on any atom is 0.337 e. The Labute approximate surface area is 188 Å². The molecule has 0 aliphatic heterocycles. The van der Waals surface area contributed by atoms with Crippen molar-refractivity contribution < 1.29 is 14.3 Å². The fourth-order valence-electron chi connectivity index (χ4n) is 3.55. The van der Waals surface area contributed by atoms with E-state index in [1.807, 2.05) is 44.2 Å². The predicted molar refractivity (Wildman–Crippen MR) is 125 cm³/mol. The number of hydrogen-bond acceptors (Lipinski definition) is 6. The zero-order valence-electron chi connectivity index (χ0n) is 17.8. The number of hydrogen-bond donors (Lipinski definition) is 1. The normalized spacial score (nSPS) is 10.8. The van der Waals surface area contributed by atoms with E-state index in [2.05, 4.69) is 10.3 Å². The molecule has 4 rings (SSSR count). The minimum Gasteiger partial charge on any atom is -0.465 e. The van der Waals surface area contributed by atoms with Gasteiger partial charge < -0.3 is 10.1 Å². The number of rotatable bonds is 5. The quantitative estimate of drug-likeness (QED) is 0.464. The molecule has 0 aliphatic rings. The highest BCUT2D eigenvalue weighted by Crippen LogP contribution is 2.35. The SMILES string of the molecule is COC(=O)c1ccc(C)c(NC(=O)Cn2cnc3sc(C)c(-c4ccccc4)c3c2=O)c1. The van der Waals surface area contributed by atoms with Gasteiger partial charge in [0.15, 0.2) is 0 Å². The van der Waals surface area contributed by atoms with E-state index in [1.54, 1.807) is 18.2 Å². The lowest BCUT2D eigenvalue weighted by atomic mass is 10.0. The average Bonchev–Trinajstić information content (AvgIpc) is 3.14. The molecule has 1 N–H and O–H groups in total. The molecule has 0 atom stereocenters. The van der Waals surface area contributed by atoms with E-state index in [0.717, 1.165) is 21.6 Å². The van der Waals surface area contributed by atoms with Gasteiger partial charge in [-0.3, -0.25) is 14.2 Å². The van der Waals surface area contributed by atoms with Crippen molar-refractivity contribution >= 4 is 39.1 Å². The summed E-state index contributed by atoms with van der Waals surface area (Å²) in [5, 5.41) is 3.29. The standard InChI is InChI=1S/C24H21N3O4S/c1-14-9-10-17(24(30)31-3)11-18(14)26-19(28)12-27-13-25-22-21(23(27)29)20(15(2)32-22)16-7-5-4-6-8-16/h4-11,13H,12H2,1-3H3,(H,26,28). The maximum absolute atomic E-state index is 13.3. The van der Waals surface area contributed by atoms with Gasteiger partial charge >= 0.3 is 5.97 Å². The first-order valence-corrected chi connectivity index (χ1v) is 10.7. The van der Waals surface area contributed by atoms with E-state index >= 15 is 0 Å². The second-order valence-corrected chi connectivity index (χ2v) is 8.53. The molecule has 2 aromatic heterocycles. The van der Waals surface area contributed by atoms with Crippen LogP contribution in [0.4, 0.5) is 5.69 Å². The van der Waals surface area contributed by atoms with Crippen molar-refractivity contribution in [3.8, 4) is 11.1 Å². The van der Waals surface area contributed by atoms with Crippen LogP contribution in [0, 0.1) is 13.8 Å². The number of amides is 1. The summed E-state index contributed by atoms with van der Waals surface area (Å²) in [7, 11) is 1.30. The van der Waals surface area contributed by atoms with Crippen molar-refractivity contribution in [1.29, 1.82) is 0 Å². The van der Waals surface area contributed by atoms with Crippen molar-refractivity contribution in [2.24, 2.45) is 0 Å². The Morgan fingerprint density at radius 2 is 1.88 bits per heavy atom. The Morgan fingerprint density at radius 1 is 1.12 bits per heavy atom. The predicted octanol–water partition coefficient (Wildman–Crippen LogP) is 4.17. The largest absolute Gasteiger partial charge is 0.465 e. The molecule has 8 heteroatoms. The van der Waals surface area contributed by atoms with E-state index in [-0.39, 0.29) is 12.1 Å². The van der Waals surface area contributed by atoms with Gasteiger partial charge in [-0.1, -0.05) is 36.4 Å². The van der Waals surface area contributed by atoms with Gasteiger partial charge in [-0.05, 0) is 37.1 Å². The molecule has 0 unspecified atom stereocenters. The molecule has 0 saturated carbocycles. The summed E-state index contributed by atoms with van der Waals surface area (Å²) in [4.78, 5) is 43.8. The summed E-state index contributed by atoms with van der Waals surface area (Å²) >= 11 is 1.46. The van der Waals surface area contributed by atoms with Crippen LogP contribution in [-0.2, 0) is 16.1 Å². The third-order valence-corrected chi connectivity index (χ3v) is 6.18. The number of aromatic nitrogens is 2. The van der Waals surface area contributed by atoms with E-state index in [1.165, 1.54) is 29.3 Å². The third kappa shape index (κ3) is 4.04. The number of nitrogens with zero attached hydrogens (tertiary/aromatic N) is 2. The van der Waals surface area contributed by atoms with Crippen LogP contribution in [0.1, 0.15) is 20.8 Å². The van der Waals surface area contributed by atoms with Crippen LogP contribution in [0.3, 0.4) is 0 Å². The molecular weight excluding hydrogens is 426 g/mol. The number of aryl methyl sites for hydroxylation is 2. The summed E-state index contributed by atoms with van der Waals surface area (Å²) in [6.07, 6.45) is 1.40. The van der Waals surface area contributed by atoms with E-state index in [9.17, 15) is 14.4 Å². The number of ether oxygens (including phenoxy) is 1. The first kappa shape index (κ1) is 21.5. The third-order valence-electron chi connectivity index (χ3n) is 5.16. The minimum absolute atomic E-state index is 0.202. The fourth-order valence-corrected chi connectivity index (χ4v) is 4.55. The summed E-state index contributed by atoms with van der Waals surface area (Å²) in [5.41, 5.74) is 3.11. The molecule has 32 heavy (non-hydrogen) atoms. The monoisotopic (exact) mass is 447 g/mol. The average molecular weight is 448 g/mol. The van der Waals surface area contributed by atoms with Gasteiger partial charge in [0, 0.05) is 16.1 Å². The fraction of sp³-hybridized carbons (Fsp3) is 0.167. The molecule has 162 valence electrons. The van der Waals surface area contributed by atoms with Crippen LogP contribution in [0.5, 0.6) is 0 Å². The van der Waals surface area contributed by atoms with Crippen LogP contribution < -0.4 is 10.9 Å². The molecule has 0 radical (unpaired) electrons. The second kappa shape index (κ2) is 8.76. The molecule has 2 aromatic carbocycles. The van der Waals surface area contributed by atoms with Gasteiger partial charge in [0.05, 0.1) is 24.4 Å². The number of fused-ring (bicyclic) bond motifs is 1. The zero-order valence-corrected chi connectivity index (χ0v) is 18.7. The van der Waals surface area contributed by atoms with Crippen molar-refractivity contribution in [2.75, 3.05) is 12.4 Å². The number of nitrogens with one attached hydrogen (secondary N) is 1. The smallest absolute Gasteiger partial charge is 0.337 e. The second-order valence-electron chi connectivity index (χ2n) is 7.33. The number of benzene rings is 2. The van der Waals surface area contributed by atoms with Crippen LogP contribution in [0.15, 0.2) is 59.7 Å². The molecule has 1 amide bonds. The topological polar surface area (TPSA) is 90.3 Å². The van der Waals surface area contributed by atoms with Gasteiger partial charge in [0.1, 0.15) is 11.4 Å². The van der Waals surface area contributed by atoms with Crippen LogP contribution in [-0.4, -0.2) is 28.5 Å². The number of methoxy groups -OCH3 is 1. The summed E-state index contributed by atoms with van der Waals surface area (Å²) in [6, 6.07) is 14.6. The Bertz CT molecular complexity index is 1390. The first-order chi connectivity index (χ1) is 15.4. The highest BCUT2D eigenvalue weighted by atomic mass is 32.1. The molecule has 0 spiro atoms. The Morgan fingerprint density at radius 3 is 2.59 bits per heavy atom. The van der Waals surface area contributed by atoms with Crippen molar-refractivity contribution in [3.63, 3.8) is 0 Å². The number of thiophene rings is 1. The molecule has 0 saturated heterocycles. The number of anilines is 1. The summed E-state index contributed by atoms with van der Waals surface area (Å²) in [5.74, 6) is -0.890. The highest BCUT2D eigenvalue weighted by molar-refractivity contribution is 7.19. The number of carbonyl (C=O) groups is 2. The minimum atomic E-state index is -0.493. The van der Waals surface area contributed by atoms with Gasteiger partial charge in [0.25, 0.3) is 5.56 Å². The lowest BCUT2D eigenvalue weighted by Gasteiger charge is -2.11. The van der Waals surface area contributed by atoms with Crippen LogP contribution in [0.25, 0.3) is 21.3 Å². The lowest BCUT2D eigenvalue weighted by Crippen LogP contribution is -2.28. The summed E-state index contributed by atoms with van der Waals surface area (Å²) < 4.78 is 6.04. The van der Waals surface area contributed by atoms with Crippen molar-refractivity contribution in [2.45, 2.75) is 20.4 Å². The molecule has 0 bridgehead atoms. The first-order valence-electron chi connectivity index (χ1n) is 9.92. The number of carbonyl (C=O) groups excluding carboxylic acids is 2. The van der Waals surface area contributed by atoms with Crippen LogP contribution in [0.2, 0.25) is 0 Å². The van der Waals surface area contributed by atoms with E-state index < -0.39 is 11.9 Å². The Hall–Kier alpha value is -3.78. The van der Waals surface area contributed by atoms with E-state index in [0.29, 0.717) is 21.5 Å². The molecule has 7 nitrogen and oxygen atoms in total. The highest BCUT2D eigenvalue weighted by Gasteiger charge is 2.18. The lowest BCUT2D eigenvalue weighted by molar-refractivity contribution is -0.116. The van der Waals surface area contributed by atoms with Gasteiger partial charge in [-0.25, -0.2) is 9.78 Å². The molecule has 4 aromatic rings. The molecule has 0 fully saturated rings. The summed E-state index contributed by atoms with van der Waals surface area (Å²) in [6.45, 7) is 3.58. The van der Waals surface area contributed by atoms with Gasteiger partial charge in [0.2, 0.25) is 5.91 Å². The van der Waals surface area contributed by atoms with Gasteiger partial charge in [-0.15, -0.1) is 11.3 Å². The number of esters is 1. The maximum atomic E-state index is 13.3. The Kier molecular flexibility index (Phi) is 5.87. The van der Waals surface area contributed by atoms with Crippen LogP contribution >= 0.6 is 11.3 Å². The van der Waals surface area contributed by atoms with Crippen molar-refractivity contribution in [3.05, 3.63) is 81.2 Å². The molecule has 0 aliphatic carbocycles. The van der Waals surface area contributed by atoms with Gasteiger partial charge in [-0.2, -0.15) is 0 Å². The Balaban J connectivity index is 1.66. The van der Waals surface area contributed by atoms with E-state index in [4.69, 9.17) is 4.74 Å².